The second-order valence-corrected chi connectivity index (χ2v) is 9.17. The molecule has 0 spiro atoms. The van der Waals surface area contributed by atoms with Crippen molar-refractivity contribution in [3.63, 3.8) is 0 Å². The highest BCUT2D eigenvalue weighted by Crippen LogP contribution is 2.31. The largest absolute Gasteiger partial charge is 0.394 e. The van der Waals surface area contributed by atoms with Gasteiger partial charge < -0.3 is 15.3 Å². The number of nitrogens with one attached hydrogen (secondary N) is 1. The third-order valence-electron chi connectivity index (χ3n) is 5.54. The summed E-state index contributed by atoms with van der Waals surface area (Å²) < 4.78 is 1.60. The van der Waals surface area contributed by atoms with Crippen LogP contribution in [0.3, 0.4) is 0 Å². The maximum Gasteiger partial charge on any atom is 0.324 e. The summed E-state index contributed by atoms with van der Waals surface area (Å²) >= 11 is 6.94. The van der Waals surface area contributed by atoms with Crippen LogP contribution in [-0.4, -0.2) is 54.9 Å². The molecule has 4 aromatic rings. The predicted molar refractivity (Wildman–Crippen MR) is 128 cm³/mol. The fourth-order valence-electron chi connectivity index (χ4n) is 3.92. The zero-order chi connectivity index (χ0) is 23.8. The Labute approximate surface area is 201 Å². The zero-order valence-corrected chi connectivity index (χ0v) is 19.2. The van der Waals surface area contributed by atoms with E-state index >= 15 is 0 Å². The Morgan fingerprint density at radius 1 is 1.32 bits per heavy atom. The van der Waals surface area contributed by atoms with E-state index in [4.69, 9.17) is 16.6 Å². The molecular formula is C21H18ClN7O4S. The minimum atomic E-state index is -0.542. The molecule has 0 aliphatic carbocycles. The normalized spacial score (nSPS) is 15.7. The van der Waals surface area contributed by atoms with Crippen molar-refractivity contribution in [1.82, 2.24) is 19.7 Å². The number of hydrogen-bond donors (Lipinski definition) is 2. The van der Waals surface area contributed by atoms with E-state index in [1.165, 1.54) is 12.1 Å². The second kappa shape index (κ2) is 8.97. The van der Waals surface area contributed by atoms with E-state index in [0.717, 1.165) is 24.2 Å². The molecule has 1 atom stereocenters. The number of carbonyl (C=O) groups excluding carboxylic acids is 1. The van der Waals surface area contributed by atoms with Crippen LogP contribution in [0.2, 0.25) is 5.02 Å². The summed E-state index contributed by atoms with van der Waals surface area (Å²) in [7, 11) is 0. The highest BCUT2D eigenvalue weighted by molar-refractivity contribution is 7.17. The Balaban J connectivity index is 1.60. The van der Waals surface area contributed by atoms with Crippen molar-refractivity contribution >= 4 is 56.6 Å². The molecule has 11 nitrogen and oxygen atoms in total. The Bertz CT molecular complexity index is 1410. The number of fused-ring (bicyclic) bond motifs is 1. The topological polar surface area (TPSA) is 139 Å². The van der Waals surface area contributed by atoms with Crippen LogP contribution in [0, 0.1) is 10.1 Å². The number of nitrogens with zero attached hydrogens (tertiary/aromatic N) is 6. The molecule has 4 heterocycles. The summed E-state index contributed by atoms with van der Waals surface area (Å²) in [6.45, 7) is 0.613. The smallest absolute Gasteiger partial charge is 0.324 e. The Morgan fingerprint density at radius 2 is 2.18 bits per heavy atom. The van der Waals surface area contributed by atoms with Crippen molar-refractivity contribution in [1.29, 1.82) is 0 Å². The Hall–Kier alpha value is -3.61. The lowest BCUT2D eigenvalue weighted by Crippen LogP contribution is -2.33. The van der Waals surface area contributed by atoms with Gasteiger partial charge in [0.2, 0.25) is 5.95 Å². The van der Waals surface area contributed by atoms with E-state index in [1.807, 2.05) is 11.0 Å². The molecule has 5 rings (SSSR count). The van der Waals surface area contributed by atoms with Crippen LogP contribution >= 0.6 is 22.9 Å². The summed E-state index contributed by atoms with van der Waals surface area (Å²) in [5.41, 5.74) is 1.13. The number of benzene rings is 1. The van der Waals surface area contributed by atoms with Gasteiger partial charge in [0.25, 0.3) is 5.91 Å². The zero-order valence-electron chi connectivity index (χ0n) is 17.6. The average molecular weight is 500 g/mol. The van der Waals surface area contributed by atoms with Crippen LogP contribution in [0.4, 0.5) is 16.8 Å². The van der Waals surface area contributed by atoms with Gasteiger partial charge in [-0.3, -0.25) is 14.9 Å². The molecule has 2 N–H and O–H groups in total. The summed E-state index contributed by atoms with van der Waals surface area (Å²) in [5, 5.41) is 28.9. The van der Waals surface area contributed by atoms with E-state index in [-0.39, 0.29) is 28.3 Å². The predicted octanol–water partition coefficient (Wildman–Crippen LogP) is 3.65. The molecule has 1 fully saturated rings. The Morgan fingerprint density at radius 3 is 2.91 bits per heavy atom. The molecule has 1 aliphatic heterocycles. The number of anilines is 2. The van der Waals surface area contributed by atoms with Gasteiger partial charge in [-0.1, -0.05) is 29.0 Å². The van der Waals surface area contributed by atoms with Gasteiger partial charge in [-0.2, -0.15) is 15.1 Å². The first-order chi connectivity index (χ1) is 16.4. The molecule has 34 heavy (non-hydrogen) atoms. The molecule has 1 aliphatic rings. The first kappa shape index (κ1) is 22.2. The number of carbonyl (C=O) groups is 1. The van der Waals surface area contributed by atoms with Gasteiger partial charge in [0.15, 0.2) is 5.65 Å². The first-order valence-corrected chi connectivity index (χ1v) is 11.6. The number of rotatable bonds is 6. The molecule has 3 aromatic heterocycles. The molecule has 1 amide bonds. The molecule has 13 heteroatoms. The van der Waals surface area contributed by atoms with Gasteiger partial charge in [0.05, 0.1) is 39.7 Å². The third kappa shape index (κ3) is 4.06. The number of aliphatic hydroxyl groups excluding tert-OH is 1. The van der Waals surface area contributed by atoms with Gasteiger partial charge in [0, 0.05) is 17.6 Å². The average Bonchev–Trinajstić information content (AvgIpc) is 3.58. The van der Waals surface area contributed by atoms with Crippen molar-refractivity contribution in [2.45, 2.75) is 18.9 Å². The van der Waals surface area contributed by atoms with Crippen molar-refractivity contribution in [2.75, 3.05) is 23.4 Å². The molecule has 1 aromatic carbocycles. The van der Waals surface area contributed by atoms with Gasteiger partial charge in [0.1, 0.15) is 5.82 Å². The molecule has 0 radical (unpaired) electrons. The third-order valence-corrected chi connectivity index (χ3v) is 6.81. The summed E-state index contributed by atoms with van der Waals surface area (Å²) in [6, 6.07) is 9.66. The molecule has 0 bridgehead atoms. The Kier molecular flexibility index (Phi) is 5.86. The summed E-state index contributed by atoms with van der Waals surface area (Å²) in [6.07, 6.45) is 3.22. The standard InChI is InChI=1S/C21H18ClN7O4S/c22-12-3-1-4-13(9-12)28-19-15(10-23-28)18(24-20(31)16-6-7-17(34-16)29(32)33)25-21(26-19)27-8-2-5-14(27)11-30/h1,3-4,6-7,9-10,14,30H,2,5,8,11H2,(H,24,25,26,31)/t14-/m0/s1. The fraction of sp³-hybridized carbons (Fsp3) is 0.238. The van der Waals surface area contributed by atoms with Crippen molar-refractivity contribution in [3.05, 3.63) is 62.6 Å². The lowest BCUT2D eigenvalue weighted by atomic mass is 10.2. The lowest BCUT2D eigenvalue weighted by Gasteiger charge is -2.23. The van der Waals surface area contributed by atoms with E-state index in [2.05, 4.69) is 15.4 Å². The summed E-state index contributed by atoms with van der Waals surface area (Å²) in [4.78, 5) is 34.7. The van der Waals surface area contributed by atoms with Crippen LogP contribution in [-0.2, 0) is 0 Å². The van der Waals surface area contributed by atoms with E-state index in [0.29, 0.717) is 34.2 Å². The lowest BCUT2D eigenvalue weighted by molar-refractivity contribution is -0.380. The van der Waals surface area contributed by atoms with Crippen LogP contribution in [0.25, 0.3) is 16.7 Å². The second-order valence-electron chi connectivity index (χ2n) is 7.67. The molecule has 1 saturated heterocycles. The number of aliphatic hydroxyl groups is 1. The number of nitro groups is 1. The molecular weight excluding hydrogens is 482 g/mol. The van der Waals surface area contributed by atoms with Crippen LogP contribution in [0.5, 0.6) is 0 Å². The van der Waals surface area contributed by atoms with E-state index < -0.39 is 10.8 Å². The number of hydrogen-bond acceptors (Lipinski definition) is 9. The number of aromatic nitrogens is 4. The van der Waals surface area contributed by atoms with Gasteiger partial charge in [-0.05, 0) is 37.1 Å². The van der Waals surface area contributed by atoms with Gasteiger partial charge in [-0.15, -0.1) is 0 Å². The highest BCUT2D eigenvalue weighted by atomic mass is 35.5. The van der Waals surface area contributed by atoms with Gasteiger partial charge in [-0.25, -0.2) is 4.68 Å². The minimum Gasteiger partial charge on any atom is -0.394 e. The fourth-order valence-corrected chi connectivity index (χ4v) is 4.82. The number of amides is 1. The SMILES string of the molecule is O=C(Nc1nc(N2CCC[C@H]2CO)nc2c1cnn2-c1cccc(Cl)c1)c1ccc([N+](=O)[O-])s1. The maximum absolute atomic E-state index is 12.9. The van der Waals surface area contributed by atoms with Crippen molar-refractivity contribution in [2.24, 2.45) is 0 Å². The first-order valence-electron chi connectivity index (χ1n) is 10.4. The minimum absolute atomic E-state index is 0.0461. The number of halogens is 1. The van der Waals surface area contributed by atoms with Crippen LogP contribution < -0.4 is 10.2 Å². The molecule has 0 unspecified atom stereocenters. The van der Waals surface area contributed by atoms with Crippen molar-refractivity contribution in [3.8, 4) is 5.69 Å². The maximum atomic E-state index is 12.9. The molecule has 174 valence electrons. The quantitative estimate of drug-likeness (QED) is 0.302. The molecule has 0 saturated carbocycles. The van der Waals surface area contributed by atoms with Crippen molar-refractivity contribution < 1.29 is 14.8 Å². The van der Waals surface area contributed by atoms with E-state index in [1.54, 1.807) is 29.1 Å². The van der Waals surface area contributed by atoms with E-state index in [9.17, 15) is 20.0 Å². The van der Waals surface area contributed by atoms with Gasteiger partial charge >= 0.3 is 5.00 Å². The highest BCUT2D eigenvalue weighted by Gasteiger charge is 2.28. The van der Waals surface area contributed by atoms with Crippen LogP contribution in [0.15, 0.2) is 42.6 Å². The summed E-state index contributed by atoms with van der Waals surface area (Å²) in [5.74, 6) is 0.0397. The monoisotopic (exact) mass is 499 g/mol. The number of thiophene rings is 1. The van der Waals surface area contributed by atoms with Crippen LogP contribution in [0.1, 0.15) is 22.5 Å².